The summed E-state index contributed by atoms with van der Waals surface area (Å²) in [5.41, 5.74) is 2.85. The highest BCUT2D eigenvalue weighted by Gasteiger charge is 2.16. The summed E-state index contributed by atoms with van der Waals surface area (Å²) in [4.78, 5) is 13.7. The number of amides is 1. The number of nitrogens with one attached hydrogen (secondary N) is 1. The summed E-state index contributed by atoms with van der Waals surface area (Å²) in [7, 11) is 0. The summed E-state index contributed by atoms with van der Waals surface area (Å²) in [6.07, 6.45) is 1.66. The number of hydrogen-bond acceptors (Lipinski definition) is 5. The van der Waals surface area contributed by atoms with Crippen LogP contribution >= 0.6 is 0 Å². The Morgan fingerprint density at radius 2 is 2.15 bits per heavy atom. The van der Waals surface area contributed by atoms with Gasteiger partial charge in [0, 0.05) is 5.56 Å². The summed E-state index contributed by atoms with van der Waals surface area (Å²) in [6.45, 7) is 6.03. The summed E-state index contributed by atoms with van der Waals surface area (Å²) in [5, 5.41) is 0. The normalized spacial score (nSPS) is 11.0. The van der Waals surface area contributed by atoms with Gasteiger partial charge in [-0.05, 0) is 31.7 Å². The van der Waals surface area contributed by atoms with Crippen molar-refractivity contribution in [1.29, 1.82) is 0 Å². The van der Waals surface area contributed by atoms with Crippen molar-refractivity contribution in [2.24, 2.45) is 5.84 Å². The van der Waals surface area contributed by atoms with E-state index in [2.05, 4.69) is 17.2 Å². The number of carbonyl (C=O) groups excluding carboxylic acids is 1. The Bertz CT molecular complexity index is 560. The third-order valence-electron chi connectivity index (χ3n) is 3.09. The molecule has 1 amide bonds. The topological polar surface area (TPSA) is 84.6 Å². The van der Waals surface area contributed by atoms with Gasteiger partial charge in [0.1, 0.15) is 11.5 Å². The third kappa shape index (κ3) is 3.28. The Kier molecular flexibility index (Phi) is 4.60. The number of nitrogens with zero attached hydrogens (tertiary/aromatic N) is 1. The molecule has 0 saturated heterocycles. The predicted octanol–water partition coefficient (Wildman–Crippen LogP) is 1.81. The van der Waals surface area contributed by atoms with Crippen LogP contribution in [0.4, 0.5) is 0 Å². The second-order valence-electron chi connectivity index (χ2n) is 4.58. The second kappa shape index (κ2) is 6.40. The van der Waals surface area contributed by atoms with Crippen molar-refractivity contribution in [3.05, 3.63) is 47.3 Å². The monoisotopic (exact) mass is 277 g/mol. The van der Waals surface area contributed by atoms with Crippen molar-refractivity contribution in [2.45, 2.75) is 26.9 Å². The minimum absolute atomic E-state index is 0.261. The molecule has 0 atom stereocenters. The van der Waals surface area contributed by atoms with Crippen molar-refractivity contribution in [1.82, 2.24) is 10.3 Å². The molecule has 0 fully saturated rings. The van der Waals surface area contributed by atoms with Crippen LogP contribution in [0.3, 0.4) is 0 Å². The molecule has 2 aromatic rings. The van der Waals surface area contributed by atoms with E-state index in [1.807, 2.05) is 25.1 Å². The SMILES string of the molecule is CCN(Cc1ccco1)Cc1cc(C)c(C(=O)NN)o1. The van der Waals surface area contributed by atoms with Gasteiger partial charge in [-0.2, -0.15) is 0 Å². The number of nitrogen functional groups attached to an aromatic ring is 1. The Morgan fingerprint density at radius 1 is 1.40 bits per heavy atom. The fraction of sp³-hybridized carbons (Fsp3) is 0.357. The van der Waals surface area contributed by atoms with Gasteiger partial charge in [-0.25, -0.2) is 5.84 Å². The first-order valence-corrected chi connectivity index (χ1v) is 6.49. The molecule has 0 bridgehead atoms. The van der Waals surface area contributed by atoms with Crippen LogP contribution in [0.25, 0.3) is 0 Å². The maximum atomic E-state index is 11.5. The number of rotatable bonds is 6. The summed E-state index contributed by atoms with van der Waals surface area (Å²) in [6, 6.07) is 5.66. The van der Waals surface area contributed by atoms with Crippen LogP contribution in [0.2, 0.25) is 0 Å². The van der Waals surface area contributed by atoms with E-state index in [0.29, 0.717) is 13.1 Å². The predicted molar refractivity (Wildman–Crippen MR) is 73.6 cm³/mol. The molecule has 2 heterocycles. The van der Waals surface area contributed by atoms with Gasteiger partial charge >= 0.3 is 5.91 Å². The van der Waals surface area contributed by atoms with Crippen molar-refractivity contribution in [3.8, 4) is 0 Å². The van der Waals surface area contributed by atoms with Crippen molar-refractivity contribution < 1.29 is 13.6 Å². The minimum Gasteiger partial charge on any atom is -0.468 e. The highest BCUT2D eigenvalue weighted by atomic mass is 16.4. The van der Waals surface area contributed by atoms with Gasteiger partial charge in [0.15, 0.2) is 5.76 Å². The number of hydrogen-bond donors (Lipinski definition) is 2. The lowest BCUT2D eigenvalue weighted by Crippen LogP contribution is -2.30. The molecular weight excluding hydrogens is 258 g/mol. The van der Waals surface area contributed by atoms with E-state index >= 15 is 0 Å². The zero-order chi connectivity index (χ0) is 14.5. The van der Waals surface area contributed by atoms with Crippen LogP contribution < -0.4 is 11.3 Å². The standard InChI is InChI=1S/C14H19N3O3/c1-3-17(8-11-5-4-6-19-11)9-12-7-10(2)13(20-12)14(18)16-15/h4-7H,3,8-9,15H2,1-2H3,(H,16,18). The van der Waals surface area contributed by atoms with Crippen molar-refractivity contribution in [2.75, 3.05) is 6.54 Å². The number of furan rings is 2. The molecular formula is C14H19N3O3. The van der Waals surface area contributed by atoms with Crippen LogP contribution in [0, 0.1) is 6.92 Å². The molecule has 3 N–H and O–H groups in total. The zero-order valence-corrected chi connectivity index (χ0v) is 11.7. The van der Waals surface area contributed by atoms with E-state index in [1.165, 1.54) is 0 Å². The first-order chi connectivity index (χ1) is 9.63. The van der Waals surface area contributed by atoms with Crippen LogP contribution in [0.1, 0.15) is 34.6 Å². The third-order valence-corrected chi connectivity index (χ3v) is 3.09. The lowest BCUT2D eigenvalue weighted by atomic mass is 10.2. The van der Waals surface area contributed by atoms with Crippen LogP contribution in [-0.4, -0.2) is 17.4 Å². The Hall–Kier alpha value is -2.05. The highest BCUT2D eigenvalue weighted by molar-refractivity contribution is 5.92. The summed E-state index contributed by atoms with van der Waals surface area (Å²) in [5.74, 6) is 6.59. The average molecular weight is 277 g/mol. The molecule has 2 aromatic heterocycles. The fourth-order valence-corrected chi connectivity index (χ4v) is 2.04. The lowest BCUT2D eigenvalue weighted by Gasteiger charge is -2.17. The molecule has 0 aliphatic rings. The van der Waals surface area contributed by atoms with Crippen molar-refractivity contribution in [3.63, 3.8) is 0 Å². The molecule has 0 spiro atoms. The van der Waals surface area contributed by atoms with Gasteiger partial charge in [0.05, 0.1) is 19.4 Å². The maximum Gasteiger partial charge on any atom is 0.301 e. The highest BCUT2D eigenvalue weighted by Crippen LogP contribution is 2.17. The Balaban J connectivity index is 2.06. The van der Waals surface area contributed by atoms with E-state index < -0.39 is 5.91 Å². The van der Waals surface area contributed by atoms with Gasteiger partial charge in [-0.15, -0.1) is 0 Å². The van der Waals surface area contributed by atoms with Crippen LogP contribution in [0.15, 0.2) is 33.3 Å². The van der Waals surface area contributed by atoms with E-state index in [4.69, 9.17) is 14.7 Å². The molecule has 0 saturated carbocycles. The molecule has 6 heteroatoms. The quantitative estimate of drug-likeness (QED) is 0.478. The molecule has 20 heavy (non-hydrogen) atoms. The van der Waals surface area contributed by atoms with Crippen LogP contribution in [-0.2, 0) is 13.1 Å². The van der Waals surface area contributed by atoms with Gasteiger partial charge in [0.25, 0.3) is 0 Å². The van der Waals surface area contributed by atoms with E-state index in [-0.39, 0.29) is 5.76 Å². The number of carbonyl (C=O) groups is 1. The first kappa shape index (κ1) is 14.4. The van der Waals surface area contributed by atoms with Crippen molar-refractivity contribution >= 4 is 5.91 Å². The number of nitrogens with two attached hydrogens (primary N) is 1. The molecule has 0 radical (unpaired) electrons. The van der Waals surface area contributed by atoms with E-state index in [9.17, 15) is 4.79 Å². The zero-order valence-electron chi connectivity index (χ0n) is 11.7. The number of aryl methyl sites for hydroxylation is 1. The van der Waals surface area contributed by atoms with Gasteiger partial charge in [0.2, 0.25) is 0 Å². The van der Waals surface area contributed by atoms with Crippen LogP contribution in [0.5, 0.6) is 0 Å². The molecule has 2 rings (SSSR count). The summed E-state index contributed by atoms with van der Waals surface area (Å²) < 4.78 is 10.9. The van der Waals surface area contributed by atoms with Gasteiger partial charge in [-0.3, -0.25) is 15.1 Å². The lowest BCUT2D eigenvalue weighted by molar-refractivity contribution is 0.0920. The number of hydrazine groups is 1. The fourth-order valence-electron chi connectivity index (χ4n) is 2.04. The average Bonchev–Trinajstić information content (AvgIpc) is 3.07. The van der Waals surface area contributed by atoms with E-state index in [0.717, 1.165) is 23.6 Å². The largest absolute Gasteiger partial charge is 0.468 e. The molecule has 0 aliphatic carbocycles. The minimum atomic E-state index is -0.414. The van der Waals surface area contributed by atoms with Gasteiger partial charge < -0.3 is 8.83 Å². The molecule has 6 nitrogen and oxygen atoms in total. The molecule has 0 aliphatic heterocycles. The second-order valence-corrected chi connectivity index (χ2v) is 4.58. The maximum absolute atomic E-state index is 11.5. The Labute approximate surface area is 117 Å². The van der Waals surface area contributed by atoms with Gasteiger partial charge in [-0.1, -0.05) is 6.92 Å². The summed E-state index contributed by atoms with van der Waals surface area (Å²) >= 11 is 0. The molecule has 0 unspecified atom stereocenters. The smallest absolute Gasteiger partial charge is 0.301 e. The first-order valence-electron chi connectivity index (χ1n) is 6.49. The van der Waals surface area contributed by atoms with E-state index in [1.54, 1.807) is 6.26 Å². The molecule has 108 valence electrons. The molecule has 0 aromatic carbocycles. The Morgan fingerprint density at radius 3 is 2.75 bits per heavy atom.